The summed E-state index contributed by atoms with van der Waals surface area (Å²) in [5.41, 5.74) is 2.07. The van der Waals surface area contributed by atoms with Crippen LogP contribution < -0.4 is 5.32 Å². The second-order valence-electron chi connectivity index (χ2n) is 3.18. The monoisotopic (exact) mass is 203 g/mol. The molecule has 0 aliphatic heterocycles. The largest absolute Gasteiger partial charge is 0.364 e. The van der Waals surface area contributed by atoms with Crippen molar-refractivity contribution in [3.05, 3.63) is 36.3 Å². The first kappa shape index (κ1) is 9.64. The molecule has 2 N–H and O–H groups in total. The first-order valence-corrected chi connectivity index (χ1v) is 4.90. The first-order chi connectivity index (χ1) is 7.38. The third-order valence-electron chi connectivity index (χ3n) is 2.10. The number of hydrogen-bond donors (Lipinski definition) is 2. The van der Waals surface area contributed by atoms with Gasteiger partial charge in [-0.15, -0.1) is 0 Å². The van der Waals surface area contributed by atoms with Crippen molar-refractivity contribution in [2.75, 3.05) is 5.32 Å². The molecule has 0 aliphatic carbocycles. The van der Waals surface area contributed by atoms with E-state index in [9.17, 15) is 0 Å². The minimum Gasteiger partial charge on any atom is -0.364 e. The maximum atomic E-state index is 4.13. The van der Waals surface area contributed by atoms with Crippen LogP contribution in [0.1, 0.15) is 18.3 Å². The van der Waals surface area contributed by atoms with E-state index >= 15 is 0 Å². The van der Waals surface area contributed by atoms with E-state index in [0.717, 1.165) is 23.6 Å². The molecule has 0 radical (unpaired) electrons. The lowest BCUT2D eigenvalue weighted by molar-refractivity contribution is 0.979. The van der Waals surface area contributed by atoms with Gasteiger partial charge in [-0.25, -0.2) is 15.0 Å². The number of rotatable bonds is 4. The molecular weight excluding hydrogens is 190 g/mol. The number of nitrogens with zero attached hydrogens (tertiary/aromatic N) is 3. The van der Waals surface area contributed by atoms with Crippen LogP contribution in [0, 0.1) is 0 Å². The standard InChI is InChI=1S/C10H13N5/c1-2-8-3-10(15-7-14-8)12-5-9-4-11-6-13-9/h3-4,6-7H,2,5H2,1H3,(H,11,13)(H,12,14,15). The average Bonchev–Trinajstić information content (AvgIpc) is 2.79. The summed E-state index contributed by atoms with van der Waals surface area (Å²) in [5.74, 6) is 0.844. The molecule has 2 aromatic rings. The molecular formula is C10H13N5. The number of nitrogens with one attached hydrogen (secondary N) is 2. The second kappa shape index (κ2) is 4.54. The van der Waals surface area contributed by atoms with E-state index in [2.05, 4.69) is 32.2 Å². The summed E-state index contributed by atoms with van der Waals surface area (Å²) in [6.07, 6.45) is 5.94. The summed E-state index contributed by atoms with van der Waals surface area (Å²) in [6, 6.07) is 1.95. The molecule has 2 heterocycles. The minimum atomic E-state index is 0.695. The highest BCUT2D eigenvalue weighted by atomic mass is 15.0. The zero-order chi connectivity index (χ0) is 10.5. The van der Waals surface area contributed by atoms with Crippen LogP contribution >= 0.6 is 0 Å². The molecule has 0 unspecified atom stereocenters. The molecule has 78 valence electrons. The summed E-state index contributed by atoms with van der Waals surface area (Å²) >= 11 is 0. The fraction of sp³-hybridized carbons (Fsp3) is 0.300. The summed E-state index contributed by atoms with van der Waals surface area (Å²) in [6.45, 7) is 2.77. The Morgan fingerprint density at radius 2 is 2.33 bits per heavy atom. The van der Waals surface area contributed by atoms with Crippen LogP contribution in [0.15, 0.2) is 24.9 Å². The number of hydrogen-bond acceptors (Lipinski definition) is 4. The van der Waals surface area contributed by atoms with Crippen LogP contribution in [-0.2, 0) is 13.0 Å². The zero-order valence-corrected chi connectivity index (χ0v) is 8.57. The summed E-state index contributed by atoms with van der Waals surface area (Å²) < 4.78 is 0. The topological polar surface area (TPSA) is 66.5 Å². The Morgan fingerprint density at radius 1 is 1.40 bits per heavy atom. The quantitative estimate of drug-likeness (QED) is 0.787. The molecule has 0 aliphatic rings. The van der Waals surface area contributed by atoms with E-state index in [-0.39, 0.29) is 0 Å². The second-order valence-corrected chi connectivity index (χ2v) is 3.18. The van der Waals surface area contributed by atoms with E-state index in [0.29, 0.717) is 6.54 Å². The van der Waals surface area contributed by atoms with Gasteiger partial charge in [0.2, 0.25) is 0 Å². The van der Waals surface area contributed by atoms with Gasteiger partial charge in [0.25, 0.3) is 0 Å². The number of imidazole rings is 1. The van der Waals surface area contributed by atoms with E-state index in [1.54, 1.807) is 18.9 Å². The highest BCUT2D eigenvalue weighted by Gasteiger charge is 1.97. The zero-order valence-electron chi connectivity index (χ0n) is 8.57. The van der Waals surface area contributed by atoms with Gasteiger partial charge in [0, 0.05) is 18.0 Å². The first-order valence-electron chi connectivity index (χ1n) is 4.90. The molecule has 0 fully saturated rings. The van der Waals surface area contributed by atoms with E-state index in [1.807, 2.05) is 6.07 Å². The van der Waals surface area contributed by atoms with Crippen molar-refractivity contribution in [3.63, 3.8) is 0 Å². The minimum absolute atomic E-state index is 0.695. The van der Waals surface area contributed by atoms with Crippen LogP contribution in [0.2, 0.25) is 0 Å². The maximum Gasteiger partial charge on any atom is 0.129 e. The van der Waals surface area contributed by atoms with Crippen molar-refractivity contribution in [1.29, 1.82) is 0 Å². The number of aromatic amines is 1. The molecule has 0 amide bonds. The third kappa shape index (κ3) is 2.52. The van der Waals surface area contributed by atoms with Gasteiger partial charge in [-0.3, -0.25) is 0 Å². The Balaban J connectivity index is 1.98. The van der Waals surface area contributed by atoms with Crippen molar-refractivity contribution < 1.29 is 0 Å². The van der Waals surface area contributed by atoms with Gasteiger partial charge >= 0.3 is 0 Å². The van der Waals surface area contributed by atoms with Crippen molar-refractivity contribution in [1.82, 2.24) is 19.9 Å². The highest BCUT2D eigenvalue weighted by Crippen LogP contribution is 2.05. The SMILES string of the molecule is CCc1cc(NCc2cnc[nH]2)ncn1. The Morgan fingerprint density at radius 3 is 3.07 bits per heavy atom. The molecule has 0 atom stereocenters. The summed E-state index contributed by atoms with van der Waals surface area (Å²) in [5, 5.41) is 3.20. The Kier molecular flexibility index (Phi) is 2.92. The van der Waals surface area contributed by atoms with E-state index < -0.39 is 0 Å². The van der Waals surface area contributed by atoms with Crippen molar-refractivity contribution >= 4 is 5.82 Å². The van der Waals surface area contributed by atoms with E-state index in [1.165, 1.54) is 0 Å². The highest BCUT2D eigenvalue weighted by molar-refractivity contribution is 5.35. The Labute approximate surface area is 88.0 Å². The number of aromatic nitrogens is 4. The van der Waals surface area contributed by atoms with Gasteiger partial charge in [-0.1, -0.05) is 6.92 Å². The van der Waals surface area contributed by atoms with Crippen molar-refractivity contribution in [3.8, 4) is 0 Å². The lowest BCUT2D eigenvalue weighted by Gasteiger charge is -2.04. The molecule has 5 heteroatoms. The van der Waals surface area contributed by atoms with Crippen LogP contribution in [0.3, 0.4) is 0 Å². The predicted molar refractivity (Wildman–Crippen MR) is 57.3 cm³/mol. The Hall–Kier alpha value is -1.91. The molecule has 2 aromatic heterocycles. The molecule has 0 aromatic carbocycles. The van der Waals surface area contributed by atoms with Crippen LogP contribution in [-0.4, -0.2) is 19.9 Å². The van der Waals surface area contributed by atoms with Gasteiger partial charge in [0.15, 0.2) is 0 Å². The lowest BCUT2D eigenvalue weighted by Crippen LogP contribution is -2.02. The molecule has 15 heavy (non-hydrogen) atoms. The summed E-state index contributed by atoms with van der Waals surface area (Å²) in [4.78, 5) is 15.2. The number of anilines is 1. The van der Waals surface area contributed by atoms with Gasteiger partial charge in [0.05, 0.1) is 18.6 Å². The predicted octanol–water partition coefficient (Wildman–Crippen LogP) is 1.37. The fourth-order valence-electron chi connectivity index (χ4n) is 1.25. The van der Waals surface area contributed by atoms with Crippen molar-refractivity contribution in [2.24, 2.45) is 0 Å². The van der Waals surface area contributed by atoms with Gasteiger partial charge in [-0.2, -0.15) is 0 Å². The number of aryl methyl sites for hydroxylation is 1. The maximum absolute atomic E-state index is 4.13. The fourth-order valence-corrected chi connectivity index (χ4v) is 1.25. The molecule has 2 rings (SSSR count). The molecule has 0 saturated carbocycles. The van der Waals surface area contributed by atoms with Crippen LogP contribution in [0.4, 0.5) is 5.82 Å². The summed E-state index contributed by atoms with van der Waals surface area (Å²) in [7, 11) is 0. The van der Waals surface area contributed by atoms with Gasteiger partial charge in [-0.05, 0) is 6.42 Å². The van der Waals surface area contributed by atoms with Gasteiger partial charge < -0.3 is 10.3 Å². The Bertz CT molecular complexity index is 410. The smallest absolute Gasteiger partial charge is 0.129 e. The van der Waals surface area contributed by atoms with Crippen LogP contribution in [0.5, 0.6) is 0 Å². The molecule has 0 saturated heterocycles. The number of H-pyrrole nitrogens is 1. The molecule has 5 nitrogen and oxygen atoms in total. The average molecular weight is 203 g/mol. The van der Waals surface area contributed by atoms with Crippen molar-refractivity contribution in [2.45, 2.75) is 19.9 Å². The van der Waals surface area contributed by atoms with E-state index in [4.69, 9.17) is 0 Å². The van der Waals surface area contributed by atoms with Crippen LogP contribution in [0.25, 0.3) is 0 Å². The lowest BCUT2D eigenvalue weighted by atomic mass is 10.3. The van der Waals surface area contributed by atoms with Gasteiger partial charge in [0.1, 0.15) is 12.1 Å². The normalized spacial score (nSPS) is 10.2. The molecule has 0 bridgehead atoms. The molecule has 0 spiro atoms. The third-order valence-corrected chi connectivity index (χ3v) is 2.10.